The molecule has 0 bridgehead atoms. The Bertz CT molecular complexity index is 378. The molecule has 0 aromatic carbocycles. The zero-order chi connectivity index (χ0) is 13.4. The highest BCUT2D eigenvalue weighted by atomic mass is 16.4. The Morgan fingerprint density at radius 3 is 2.89 bits per heavy atom. The third-order valence-corrected chi connectivity index (χ3v) is 2.44. The molecule has 0 aliphatic rings. The van der Waals surface area contributed by atoms with Crippen molar-refractivity contribution < 1.29 is 14.7 Å². The van der Waals surface area contributed by atoms with Crippen LogP contribution in [0.1, 0.15) is 25.6 Å². The van der Waals surface area contributed by atoms with Gasteiger partial charge in [-0.05, 0) is 12.8 Å². The van der Waals surface area contributed by atoms with Crippen LogP contribution >= 0.6 is 0 Å². The van der Waals surface area contributed by atoms with Gasteiger partial charge in [-0.15, -0.1) is 0 Å². The molecule has 1 heterocycles. The van der Waals surface area contributed by atoms with E-state index in [1.54, 1.807) is 19.3 Å². The summed E-state index contributed by atoms with van der Waals surface area (Å²) in [6.07, 6.45) is 5.26. The highest BCUT2D eigenvalue weighted by Gasteiger charge is 2.16. The summed E-state index contributed by atoms with van der Waals surface area (Å²) in [5.74, 6) is -0.155. The number of carbonyl (C=O) groups is 2. The minimum absolute atomic E-state index is 0.356. The van der Waals surface area contributed by atoms with Crippen molar-refractivity contribution in [1.29, 1.82) is 0 Å². The van der Waals surface area contributed by atoms with Crippen molar-refractivity contribution in [2.24, 2.45) is 0 Å². The van der Waals surface area contributed by atoms with Crippen LogP contribution in [-0.2, 0) is 11.2 Å². The smallest absolute Gasteiger partial charge is 0.326 e. The van der Waals surface area contributed by atoms with E-state index in [1.807, 2.05) is 0 Å². The van der Waals surface area contributed by atoms with Gasteiger partial charge in [0.1, 0.15) is 11.9 Å². The Labute approximate surface area is 105 Å². The Morgan fingerprint density at radius 2 is 2.33 bits per heavy atom. The van der Waals surface area contributed by atoms with Gasteiger partial charge in [-0.2, -0.15) is 0 Å². The molecule has 0 saturated carbocycles. The van der Waals surface area contributed by atoms with Crippen molar-refractivity contribution in [3.05, 3.63) is 18.2 Å². The fraction of sp³-hybridized carbons (Fsp3) is 0.545. The lowest BCUT2D eigenvalue weighted by atomic mass is 10.2. The van der Waals surface area contributed by atoms with Gasteiger partial charge < -0.3 is 20.7 Å². The number of imidazole rings is 1. The summed E-state index contributed by atoms with van der Waals surface area (Å²) in [6, 6.07) is -1.29. The first kappa shape index (κ1) is 14.0. The molecule has 100 valence electrons. The summed E-state index contributed by atoms with van der Waals surface area (Å²) in [6.45, 7) is 2.18. The summed E-state index contributed by atoms with van der Waals surface area (Å²) < 4.78 is 0. The van der Waals surface area contributed by atoms with Crippen LogP contribution in [0.3, 0.4) is 0 Å². The van der Waals surface area contributed by atoms with Crippen LogP contribution in [0, 0.1) is 0 Å². The van der Waals surface area contributed by atoms with E-state index in [1.165, 1.54) is 0 Å². The number of hydrogen-bond acceptors (Lipinski definition) is 3. The number of carbonyl (C=O) groups excluding carboxylic acids is 1. The van der Waals surface area contributed by atoms with Gasteiger partial charge in [0, 0.05) is 25.4 Å². The Kier molecular flexibility index (Phi) is 5.69. The molecule has 2 amide bonds. The molecule has 1 atom stereocenters. The molecule has 0 aliphatic carbocycles. The maximum atomic E-state index is 11.4. The van der Waals surface area contributed by atoms with Gasteiger partial charge in [0.25, 0.3) is 0 Å². The van der Waals surface area contributed by atoms with E-state index in [4.69, 9.17) is 5.11 Å². The third-order valence-electron chi connectivity index (χ3n) is 2.44. The van der Waals surface area contributed by atoms with Crippen molar-refractivity contribution in [2.75, 3.05) is 6.54 Å². The molecular formula is C11H18N4O3. The van der Waals surface area contributed by atoms with E-state index in [-0.39, 0.29) is 0 Å². The second kappa shape index (κ2) is 7.31. The van der Waals surface area contributed by atoms with Crippen LogP contribution in [0.2, 0.25) is 0 Å². The van der Waals surface area contributed by atoms with E-state index in [2.05, 4.69) is 20.6 Å². The Morgan fingerprint density at radius 1 is 1.56 bits per heavy atom. The molecule has 18 heavy (non-hydrogen) atoms. The number of aryl methyl sites for hydroxylation is 1. The number of aliphatic carboxylic acids is 1. The van der Waals surface area contributed by atoms with Crippen molar-refractivity contribution in [2.45, 2.75) is 32.2 Å². The molecule has 7 heteroatoms. The van der Waals surface area contributed by atoms with Crippen molar-refractivity contribution in [1.82, 2.24) is 20.6 Å². The number of nitrogens with zero attached hydrogens (tertiary/aromatic N) is 1. The van der Waals surface area contributed by atoms with Crippen molar-refractivity contribution >= 4 is 12.0 Å². The van der Waals surface area contributed by atoms with Gasteiger partial charge in [-0.1, -0.05) is 6.92 Å². The van der Waals surface area contributed by atoms with E-state index >= 15 is 0 Å². The molecule has 1 unspecified atom stereocenters. The number of aromatic amines is 1. The molecule has 1 rings (SSSR count). The highest BCUT2D eigenvalue weighted by Crippen LogP contribution is 1.94. The molecular weight excluding hydrogens is 236 g/mol. The highest BCUT2D eigenvalue weighted by molar-refractivity contribution is 5.82. The number of carboxylic acids is 1. The predicted molar refractivity (Wildman–Crippen MR) is 65.2 cm³/mol. The normalized spacial score (nSPS) is 11.8. The number of rotatable bonds is 7. The number of aromatic nitrogens is 2. The van der Waals surface area contributed by atoms with Crippen molar-refractivity contribution in [3.63, 3.8) is 0 Å². The number of urea groups is 1. The lowest BCUT2D eigenvalue weighted by molar-refractivity contribution is -0.139. The fourth-order valence-corrected chi connectivity index (χ4v) is 1.44. The fourth-order valence-electron chi connectivity index (χ4n) is 1.44. The van der Waals surface area contributed by atoms with E-state index in [9.17, 15) is 9.59 Å². The van der Waals surface area contributed by atoms with E-state index in [0.717, 1.165) is 18.7 Å². The molecule has 0 fully saturated rings. The quantitative estimate of drug-likeness (QED) is 0.531. The summed E-state index contributed by atoms with van der Waals surface area (Å²) in [5.41, 5.74) is 0. The van der Waals surface area contributed by atoms with Crippen LogP contribution in [0.25, 0.3) is 0 Å². The van der Waals surface area contributed by atoms with Crippen LogP contribution < -0.4 is 10.6 Å². The third kappa shape index (κ3) is 4.86. The molecule has 0 spiro atoms. The zero-order valence-corrected chi connectivity index (χ0v) is 10.3. The zero-order valence-electron chi connectivity index (χ0n) is 10.3. The number of hydrogen-bond donors (Lipinski definition) is 4. The van der Waals surface area contributed by atoms with Gasteiger partial charge >= 0.3 is 12.0 Å². The Balaban J connectivity index is 2.15. The summed E-state index contributed by atoms with van der Waals surface area (Å²) in [5, 5.41) is 13.8. The average molecular weight is 254 g/mol. The maximum Gasteiger partial charge on any atom is 0.326 e. The first-order chi connectivity index (χ1) is 8.63. The van der Waals surface area contributed by atoms with Gasteiger partial charge in [-0.25, -0.2) is 14.6 Å². The minimum Gasteiger partial charge on any atom is -0.480 e. The molecule has 1 aromatic heterocycles. The summed E-state index contributed by atoms with van der Waals surface area (Å²) >= 11 is 0. The van der Waals surface area contributed by atoms with E-state index in [0.29, 0.717) is 13.0 Å². The largest absolute Gasteiger partial charge is 0.480 e. The van der Waals surface area contributed by atoms with Gasteiger partial charge in [0.2, 0.25) is 0 Å². The monoisotopic (exact) mass is 254 g/mol. The SMILES string of the molecule is CCC(NC(=O)NCCCc1ncc[nH]1)C(=O)O. The second-order valence-corrected chi connectivity index (χ2v) is 3.84. The standard InChI is InChI=1S/C11H18N4O3/c1-2-8(10(16)17)15-11(18)14-5-3-4-9-12-6-7-13-9/h6-8H,2-5H2,1H3,(H,12,13)(H,16,17)(H2,14,15,18). The predicted octanol–water partition coefficient (Wildman–Crippen LogP) is 0.505. The Hall–Kier alpha value is -2.05. The van der Waals surface area contributed by atoms with Gasteiger partial charge in [0.05, 0.1) is 0 Å². The first-order valence-corrected chi connectivity index (χ1v) is 5.89. The molecule has 7 nitrogen and oxygen atoms in total. The molecule has 1 aromatic rings. The van der Waals surface area contributed by atoms with E-state index < -0.39 is 18.0 Å². The first-order valence-electron chi connectivity index (χ1n) is 5.89. The number of amides is 2. The average Bonchev–Trinajstić information content (AvgIpc) is 2.84. The van der Waals surface area contributed by atoms with Crippen LogP contribution in [-0.4, -0.2) is 39.7 Å². The molecule has 0 aliphatic heterocycles. The number of nitrogens with one attached hydrogen (secondary N) is 3. The maximum absolute atomic E-state index is 11.4. The van der Waals surface area contributed by atoms with Crippen LogP contribution in [0.4, 0.5) is 4.79 Å². The lowest BCUT2D eigenvalue weighted by Crippen LogP contribution is -2.45. The molecule has 0 radical (unpaired) electrons. The molecule has 0 saturated heterocycles. The molecule has 4 N–H and O–H groups in total. The number of carboxylic acid groups (broad SMARTS) is 1. The number of H-pyrrole nitrogens is 1. The van der Waals surface area contributed by atoms with Gasteiger partial charge in [0.15, 0.2) is 0 Å². The van der Waals surface area contributed by atoms with Crippen molar-refractivity contribution in [3.8, 4) is 0 Å². The lowest BCUT2D eigenvalue weighted by Gasteiger charge is -2.12. The minimum atomic E-state index is -1.02. The van der Waals surface area contributed by atoms with Crippen LogP contribution in [0.15, 0.2) is 12.4 Å². The summed E-state index contributed by atoms with van der Waals surface area (Å²) in [4.78, 5) is 29.1. The van der Waals surface area contributed by atoms with Crippen LogP contribution in [0.5, 0.6) is 0 Å². The second-order valence-electron chi connectivity index (χ2n) is 3.84. The topological polar surface area (TPSA) is 107 Å². The van der Waals surface area contributed by atoms with Gasteiger partial charge in [-0.3, -0.25) is 0 Å². The summed E-state index contributed by atoms with van der Waals surface area (Å²) in [7, 11) is 0.